The van der Waals surface area contributed by atoms with Gasteiger partial charge in [-0.15, -0.1) is 0 Å². The molecule has 0 radical (unpaired) electrons. The fraction of sp³-hybridized carbons (Fsp3) is 0.667. The molecule has 0 aliphatic carbocycles. The highest BCUT2D eigenvalue weighted by Crippen LogP contribution is 2.31. The Labute approximate surface area is 161 Å². The molecule has 0 spiro atoms. The molecular weight excluding hydrogens is 368 g/mol. The summed E-state index contributed by atoms with van der Waals surface area (Å²) >= 11 is 0. The summed E-state index contributed by atoms with van der Waals surface area (Å²) in [7, 11) is 0.221. The zero-order valence-corrected chi connectivity index (χ0v) is 17.3. The molecule has 2 rings (SSSR count). The van der Waals surface area contributed by atoms with Crippen molar-refractivity contribution >= 4 is 21.4 Å². The number of nitro benzene ring substituents is 1. The van der Waals surface area contributed by atoms with Gasteiger partial charge in [0.15, 0.2) is 0 Å². The Morgan fingerprint density at radius 3 is 2.41 bits per heavy atom. The summed E-state index contributed by atoms with van der Waals surface area (Å²) < 4.78 is 27.5. The van der Waals surface area contributed by atoms with Gasteiger partial charge in [-0.3, -0.25) is 10.1 Å². The topological polar surface area (TPSA) is 95.8 Å². The lowest BCUT2D eigenvalue weighted by atomic mass is 10.0. The van der Waals surface area contributed by atoms with E-state index in [1.807, 2.05) is 14.1 Å². The molecule has 9 heteroatoms. The molecule has 1 aromatic rings. The first-order chi connectivity index (χ1) is 12.6. The summed E-state index contributed by atoms with van der Waals surface area (Å²) in [5.41, 5.74) is 0.202. The molecule has 1 aliphatic rings. The van der Waals surface area contributed by atoms with Gasteiger partial charge in [-0.05, 0) is 45.3 Å². The Morgan fingerprint density at radius 1 is 1.26 bits per heavy atom. The number of sulfonamides is 1. The number of rotatable bonds is 9. The number of non-ortho nitro benzene ring substituents is 1. The first-order valence-electron chi connectivity index (χ1n) is 9.31. The lowest BCUT2D eigenvalue weighted by Crippen LogP contribution is -2.36. The lowest BCUT2D eigenvalue weighted by Gasteiger charge is -2.27. The fourth-order valence-electron chi connectivity index (χ4n) is 3.30. The van der Waals surface area contributed by atoms with E-state index in [4.69, 9.17) is 0 Å². The first-order valence-corrected chi connectivity index (χ1v) is 10.8. The number of hydrogen-bond donors (Lipinski definition) is 1. The van der Waals surface area contributed by atoms with Crippen molar-refractivity contribution in [3.05, 3.63) is 28.3 Å². The number of nitro groups is 1. The van der Waals surface area contributed by atoms with Crippen molar-refractivity contribution < 1.29 is 13.3 Å². The van der Waals surface area contributed by atoms with E-state index < -0.39 is 14.9 Å². The van der Waals surface area contributed by atoms with Crippen molar-refractivity contribution in [3.8, 4) is 0 Å². The van der Waals surface area contributed by atoms with Crippen LogP contribution in [0.2, 0.25) is 0 Å². The summed E-state index contributed by atoms with van der Waals surface area (Å²) in [6, 6.07) is 4.24. The molecule has 27 heavy (non-hydrogen) atoms. The van der Waals surface area contributed by atoms with E-state index in [2.05, 4.69) is 24.1 Å². The third-order valence-electron chi connectivity index (χ3n) is 4.86. The molecule has 1 aromatic carbocycles. The van der Waals surface area contributed by atoms with Gasteiger partial charge in [0.05, 0.1) is 10.6 Å². The van der Waals surface area contributed by atoms with Crippen LogP contribution in [0.25, 0.3) is 0 Å². The van der Waals surface area contributed by atoms with E-state index in [1.165, 1.54) is 22.5 Å². The number of likely N-dealkylation sites (N-methyl/N-ethyl adjacent to an activating group) is 1. The summed E-state index contributed by atoms with van der Waals surface area (Å²) in [4.78, 5) is 12.7. The quantitative estimate of drug-likeness (QED) is 0.508. The second kappa shape index (κ2) is 8.99. The van der Waals surface area contributed by atoms with Crippen LogP contribution in [-0.4, -0.2) is 62.3 Å². The summed E-state index contributed by atoms with van der Waals surface area (Å²) in [5.74, 6) is 0.504. The zero-order chi connectivity index (χ0) is 20.2. The molecule has 0 bridgehead atoms. The van der Waals surface area contributed by atoms with Gasteiger partial charge in [0.25, 0.3) is 5.69 Å². The molecule has 1 fully saturated rings. The summed E-state index contributed by atoms with van der Waals surface area (Å²) in [6.07, 6.45) is 2.59. The van der Waals surface area contributed by atoms with E-state index in [0.717, 1.165) is 19.3 Å². The predicted molar refractivity (Wildman–Crippen MR) is 107 cm³/mol. The van der Waals surface area contributed by atoms with Crippen molar-refractivity contribution in [2.75, 3.05) is 39.0 Å². The Hall–Kier alpha value is -1.71. The van der Waals surface area contributed by atoms with Gasteiger partial charge >= 0.3 is 0 Å². The second-order valence-electron chi connectivity index (χ2n) is 7.68. The smallest absolute Gasteiger partial charge is 0.270 e. The first kappa shape index (κ1) is 21.6. The molecule has 0 aromatic heterocycles. The summed E-state index contributed by atoms with van der Waals surface area (Å²) in [5, 5.41) is 14.4. The number of benzene rings is 1. The normalized spacial score (nSPS) is 16.8. The van der Waals surface area contributed by atoms with Gasteiger partial charge in [-0.1, -0.05) is 13.8 Å². The molecule has 152 valence electrons. The van der Waals surface area contributed by atoms with E-state index in [9.17, 15) is 18.5 Å². The van der Waals surface area contributed by atoms with E-state index in [0.29, 0.717) is 31.2 Å². The van der Waals surface area contributed by atoms with Crippen LogP contribution >= 0.6 is 0 Å². The third kappa shape index (κ3) is 5.40. The maximum absolute atomic E-state index is 13.0. The highest BCUT2D eigenvalue weighted by molar-refractivity contribution is 7.89. The number of hydrogen-bond acceptors (Lipinski definition) is 6. The van der Waals surface area contributed by atoms with Crippen LogP contribution < -0.4 is 5.32 Å². The minimum Gasteiger partial charge on any atom is -0.382 e. The van der Waals surface area contributed by atoms with E-state index in [1.54, 1.807) is 0 Å². The molecule has 0 amide bonds. The van der Waals surface area contributed by atoms with E-state index >= 15 is 0 Å². The zero-order valence-electron chi connectivity index (χ0n) is 16.5. The molecule has 0 saturated carbocycles. The highest BCUT2D eigenvalue weighted by Gasteiger charge is 2.31. The van der Waals surface area contributed by atoms with Crippen molar-refractivity contribution in [2.45, 2.75) is 44.0 Å². The largest absolute Gasteiger partial charge is 0.382 e. The van der Waals surface area contributed by atoms with E-state index in [-0.39, 0.29) is 16.6 Å². The molecule has 8 nitrogen and oxygen atoms in total. The van der Waals surface area contributed by atoms with Crippen molar-refractivity contribution in [3.63, 3.8) is 0 Å². The maximum Gasteiger partial charge on any atom is 0.270 e. The second-order valence-corrected chi connectivity index (χ2v) is 9.58. The fourth-order valence-corrected chi connectivity index (χ4v) is 5.01. The monoisotopic (exact) mass is 398 g/mol. The van der Waals surface area contributed by atoms with Crippen LogP contribution in [0.1, 0.15) is 33.1 Å². The van der Waals surface area contributed by atoms with Crippen LogP contribution in [0.3, 0.4) is 0 Å². The SMILES string of the molecule is CC(C)C[C@@H](CNc1ccc([N+](=O)[O-])cc1S(=O)(=O)N1CCCC1)N(C)C. The van der Waals surface area contributed by atoms with Gasteiger partial charge in [0.2, 0.25) is 10.0 Å². The van der Waals surface area contributed by atoms with Crippen molar-refractivity contribution in [1.82, 2.24) is 9.21 Å². The van der Waals surface area contributed by atoms with Gasteiger partial charge in [0.1, 0.15) is 4.90 Å². The van der Waals surface area contributed by atoms with Crippen molar-refractivity contribution in [2.24, 2.45) is 5.92 Å². The van der Waals surface area contributed by atoms with Crippen molar-refractivity contribution in [1.29, 1.82) is 0 Å². The van der Waals surface area contributed by atoms with Gasteiger partial charge in [0, 0.05) is 37.8 Å². The Kier molecular flexibility index (Phi) is 7.19. The van der Waals surface area contributed by atoms with Gasteiger partial charge < -0.3 is 10.2 Å². The molecule has 1 saturated heterocycles. The molecule has 1 heterocycles. The van der Waals surface area contributed by atoms with Gasteiger partial charge in [-0.2, -0.15) is 4.31 Å². The average Bonchev–Trinajstić information content (AvgIpc) is 3.13. The van der Waals surface area contributed by atoms with Crippen LogP contribution in [-0.2, 0) is 10.0 Å². The molecule has 1 aliphatic heterocycles. The lowest BCUT2D eigenvalue weighted by molar-refractivity contribution is -0.385. The molecular formula is C18H30N4O4S. The number of nitrogens with zero attached hydrogens (tertiary/aromatic N) is 3. The minimum absolute atomic E-state index is 0.0133. The standard InChI is InChI=1S/C18H30N4O4S/c1-14(2)11-16(20(3)4)13-19-17-8-7-15(22(23)24)12-18(17)27(25,26)21-9-5-6-10-21/h7-8,12,14,16,19H,5-6,9-11,13H2,1-4H3/t16-/m0/s1. The number of nitrogens with one attached hydrogen (secondary N) is 1. The average molecular weight is 399 g/mol. The minimum atomic E-state index is -3.76. The molecule has 1 N–H and O–H groups in total. The molecule has 1 atom stereocenters. The Morgan fingerprint density at radius 2 is 1.89 bits per heavy atom. The molecule has 0 unspecified atom stereocenters. The number of anilines is 1. The Bertz CT molecular complexity index is 759. The van der Waals surface area contributed by atoms with Crippen LogP contribution in [0.5, 0.6) is 0 Å². The van der Waals surface area contributed by atoms with Crippen LogP contribution in [0, 0.1) is 16.0 Å². The van der Waals surface area contributed by atoms with Gasteiger partial charge in [-0.25, -0.2) is 8.42 Å². The van der Waals surface area contributed by atoms with Crippen LogP contribution in [0.4, 0.5) is 11.4 Å². The Balaban J connectivity index is 2.33. The predicted octanol–water partition coefficient (Wildman–Crippen LogP) is 2.77. The van der Waals surface area contributed by atoms with Crippen LogP contribution in [0.15, 0.2) is 23.1 Å². The summed E-state index contributed by atoms with van der Waals surface area (Å²) in [6.45, 7) is 5.76. The maximum atomic E-state index is 13.0. The highest BCUT2D eigenvalue weighted by atomic mass is 32.2. The third-order valence-corrected chi connectivity index (χ3v) is 6.80.